The Kier molecular flexibility index (Phi) is 7.71. The van der Waals surface area contributed by atoms with Gasteiger partial charge < -0.3 is 13.7 Å². The summed E-state index contributed by atoms with van der Waals surface area (Å²) in [5.41, 5.74) is 20.9. The van der Waals surface area contributed by atoms with E-state index < -0.39 is 5.41 Å². The average molecular weight is 866 g/mol. The molecular formula is C65H39NO2. The Labute approximate surface area is 392 Å². The highest BCUT2D eigenvalue weighted by Crippen LogP contribution is 2.63. The van der Waals surface area contributed by atoms with Gasteiger partial charge >= 0.3 is 0 Å². The van der Waals surface area contributed by atoms with Crippen LogP contribution in [0.15, 0.2) is 245 Å². The summed E-state index contributed by atoms with van der Waals surface area (Å²) < 4.78 is 14.1. The van der Waals surface area contributed by atoms with E-state index in [0.717, 1.165) is 72.1 Å². The molecule has 2 aliphatic rings. The minimum Gasteiger partial charge on any atom is -0.456 e. The van der Waals surface area contributed by atoms with Gasteiger partial charge in [0, 0.05) is 50.2 Å². The van der Waals surface area contributed by atoms with Crippen LogP contribution in [0.25, 0.3) is 99.2 Å². The Balaban J connectivity index is 0.968. The van der Waals surface area contributed by atoms with Gasteiger partial charge in [-0.2, -0.15) is 0 Å². The third kappa shape index (κ3) is 5.13. The summed E-state index contributed by atoms with van der Waals surface area (Å²) in [5.74, 6) is 0. The van der Waals surface area contributed by atoms with Crippen molar-refractivity contribution in [1.82, 2.24) is 0 Å². The molecular weight excluding hydrogens is 827 g/mol. The van der Waals surface area contributed by atoms with Gasteiger partial charge in [-0.15, -0.1) is 0 Å². The van der Waals surface area contributed by atoms with Crippen molar-refractivity contribution in [2.75, 3.05) is 4.90 Å². The number of hydrogen-bond acceptors (Lipinski definition) is 3. The van der Waals surface area contributed by atoms with E-state index in [1.165, 1.54) is 66.4 Å². The summed E-state index contributed by atoms with van der Waals surface area (Å²) in [5, 5.41) is 6.57. The van der Waals surface area contributed by atoms with Crippen LogP contribution in [0.3, 0.4) is 0 Å². The largest absolute Gasteiger partial charge is 0.456 e. The van der Waals surface area contributed by atoms with Crippen molar-refractivity contribution in [1.29, 1.82) is 0 Å². The second-order valence-electron chi connectivity index (χ2n) is 18.3. The Hall–Kier alpha value is -8.92. The second-order valence-corrected chi connectivity index (χ2v) is 18.3. The standard InChI is InChI=1S/C65H39NO2/c1-2-14-40(15-3-1)42-26-30-45(31-27-42)66(46-32-28-41-16-4-5-17-43(41)36-46)47-33-35-52-54-39-61-63(53-21-9-13-25-59(53)67-61)62(64(54)68-60(52)38-47)44-29-34-51-50-20-8-12-24-57(50)65(58(51)37-44)55-22-10-6-18-48(55)49-19-7-11-23-56(49)65/h1-39H. The third-order valence-electron chi connectivity index (χ3n) is 14.9. The van der Waals surface area contributed by atoms with E-state index in [0.29, 0.717) is 0 Å². The van der Waals surface area contributed by atoms with Gasteiger partial charge in [-0.1, -0.05) is 176 Å². The fraction of sp³-hybridized carbons (Fsp3) is 0.0154. The molecule has 1 spiro atoms. The predicted molar refractivity (Wildman–Crippen MR) is 280 cm³/mol. The molecule has 68 heavy (non-hydrogen) atoms. The maximum Gasteiger partial charge on any atom is 0.144 e. The van der Waals surface area contributed by atoms with Crippen LogP contribution in [0.5, 0.6) is 0 Å². The summed E-state index contributed by atoms with van der Waals surface area (Å²) in [7, 11) is 0. The third-order valence-corrected chi connectivity index (χ3v) is 14.9. The van der Waals surface area contributed by atoms with Crippen LogP contribution in [-0.4, -0.2) is 0 Å². The first-order valence-electron chi connectivity index (χ1n) is 23.4. The minimum atomic E-state index is -0.477. The number of hydrogen-bond donors (Lipinski definition) is 0. The quantitative estimate of drug-likeness (QED) is 0.173. The lowest BCUT2D eigenvalue weighted by Crippen LogP contribution is -2.25. The van der Waals surface area contributed by atoms with Crippen molar-refractivity contribution in [3.05, 3.63) is 259 Å². The molecule has 13 aromatic rings. The molecule has 3 heteroatoms. The average Bonchev–Trinajstić information content (AvgIpc) is 4.13. The molecule has 0 amide bonds. The lowest BCUT2D eigenvalue weighted by molar-refractivity contribution is 0.664. The fourth-order valence-corrected chi connectivity index (χ4v) is 12.0. The van der Waals surface area contributed by atoms with Gasteiger partial charge in [-0.05, 0) is 127 Å². The smallest absolute Gasteiger partial charge is 0.144 e. The van der Waals surface area contributed by atoms with Gasteiger partial charge in [0.1, 0.15) is 22.3 Å². The van der Waals surface area contributed by atoms with Crippen LogP contribution >= 0.6 is 0 Å². The summed E-state index contributed by atoms with van der Waals surface area (Å²) >= 11 is 0. The van der Waals surface area contributed by atoms with Crippen LogP contribution in [0.4, 0.5) is 17.1 Å². The highest BCUT2D eigenvalue weighted by molar-refractivity contribution is 6.24. The van der Waals surface area contributed by atoms with E-state index in [1.807, 2.05) is 6.07 Å². The first-order valence-corrected chi connectivity index (χ1v) is 23.4. The molecule has 11 aromatic carbocycles. The SMILES string of the molecule is c1ccc(-c2ccc(N(c3ccc4ccccc4c3)c3ccc4c(c3)oc3c(-c5ccc6c(c5)C5(c7ccccc7-c7ccccc75)c5ccccc5-6)c5c(cc34)oc3ccccc35)cc2)cc1. The predicted octanol–water partition coefficient (Wildman–Crippen LogP) is 17.8. The molecule has 0 saturated carbocycles. The van der Waals surface area contributed by atoms with Gasteiger partial charge in [0.2, 0.25) is 0 Å². The molecule has 2 aliphatic carbocycles. The van der Waals surface area contributed by atoms with Crippen LogP contribution in [-0.2, 0) is 5.41 Å². The minimum absolute atomic E-state index is 0.477. The van der Waals surface area contributed by atoms with E-state index in [1.54, 1.807) is 0 Å². The molecule has 0 atom stereocenters. The number of para-hydroxylation sites is 1. The Morgan fingerprint density at radius 2 is 0.882 bits per heavy atom. The van der Waals surface area contributed by atoms with Crippen molar-refractivity contribution in [3.8, 4) is 44.5 Å². The summed E-state index contributed by atoms with van der Waals surface area (Å²) in [4.78, 5) is 2.34. The molecule has 15 rings (SSSR count). The zero-order valence-corrected chi connectivity index (χ0v) is 36.8. The molecule has 3 nitrogen and oxygen atoms in total. The van der Waals surface area contributed by atoms with E-state index in [9.17, 15) is 0 Å². The fourth-order valence-electron chi connectivity index (χ4n) is 12.0. The Morgan fingerprint density at radius 1 is 0.309 bits per heavy atom. The molecule has 0 unspecified atom stereocenters. The number of anilines is 3. The molecule has 0 aliphatic heterocycles. The molecule has 0 bridgehead atoms. The first kappa shape index (κ1) is 37.3. The lowest BCUT2D eigenvalue weighted by atomic mass is 9.70. The van der Waals surface area contributed by atoms with E-state index in [-0.39, 0.29) is 0 Å². The monoisotopic (exact) mass is 865 g/mol. The van der Waals surface area contributed by atoms with E-state index in [4.69, 9.17) is 8.83 Å². The van der Waals surface area contributed by atoms with Gasteiger partial charge in [0.25, 0.3) is 0 Å². The van der Waals surface area contributed by atoms with Crippen molar-refractivity contribution in [2.45, 2.75) is 5.41 Å². The number of furan rings is 2. The molecule has 316 valence electrons. The Bertz CT molecular complexity index is 4150. The van der Waals surface area contributed by atoms with Crippen molar-refractivity contribution < 1.29 is 8.83 Å². The summed E-state index contributed by atoms with van der Waals surface area (Å²) in [6.07, 6.45) is 0. The molecule has 0 radical (unpaired) electrons. The van der Waals surface area contributed by atoms with Crippen LogP contribution < -0.4 is 4.90 Å². The van der Waals surface area contributed by atoms with Crippen LogP contribution in [0.1, 0.15) is 22.3 Å². The van der Waals surface area contributed by atoms with Gasteiger partial charge in [-0.3, -0.25) is 0 Å². The maximum atomic E-state index is 7.32. The summed E-state index contributed by atoms with van der Waals surface area (Å²) in [6.45, 7) is 0. The van der Waals surface area contributed by atoms with Crippen molar-refractivity contribution in [3.63, 3.8) is 0 Å². The van der Waals surface area contributed by atoms with Crippen molar-refractivity contribution in [2.24, 2.45) is 0 Å². The molecule has 2 aromatic heterocycles. The normalized spacial score (nSPS) is 13.1. The Morgan fingerprint density at radius 3 is 1.63 bits per heavy atom. The highest BCUT2D eigenvalue weighted by atomic mass is 16.3. The van der Waals surface area contributed by atoms with Crippen molar-refractivity contribution >= 4 is 71.7 Å². The molecule has 2 heterocycles. The lowest BCUT2D eigenvalue weighted by Gasteiger charge is -2.30. The second kappa shape index (κ2) is 14.0. The molecule has 0 fully saturated rings. The van der Waals surface area contributed by atoms with Gasteiger partial charge in [0.15, 0.2) is 0 Å². The molecule has 0 N–H and O–H groups in total. The highest BCUT2D eigenvalue weighted by Gasteiger charge is 2.51. The maximum absolute atomic E-state index is 7.32. The summed E-state index contributed by atoms with van der Waals surface area (Å²) in [6, 6.07) is 86.0. The van der Waals surface area contributed by atoms with Gasteiger partial charge in [0.05, 0.1) is 5.41 Å². The zero-order chi connectivity index (χ0) is 44.5. The van der Waals surface area contributed by atoms with Gasteiger partial charge in [-0.25, -0.2) is 0 Å². The van der Waals surface area contributed by atoms with Crippen LogP contribution in [0.2, 0.25) is 0 Å². The van der Waals surface area contributed by atoms with E-state index >= 15 is 0 Å². The van der Waals surface area contributed by atoms with E-state index in [2.05, 4.69) is 235 Å². The number of fused-ring (bicyclic) bond motifs is 17. The number of rotatable bonds is 5. The number of benzene rings is 11. The van der Waals surface area contributed by atoms with Crippen LogP contribution in [0, 0.1) is 0 Å². The zero-order valence-electron chi connectivity index (χ0n) is 36.8. The number of nitrogens with zero attached hydrogens (tertiary/aromatic N) is 1. The molecule has 0 saturated heterocycles. The topological polar surface area (TPSA) is 29.5 Å². The first-order chi connectivity index (χ1) is 33.7.